The van der Waals surface area contributed by atoms with Gasteiger partial charge in [0, 0.05) is 19.6 Å². The van der Waals surface area contributed by atoms with E-state index in [9.17, 15) is 15.0 Å². The fourth-order valence-electron chi connectivity index (χ4n) is 2.88. The Kier molecular flexibility index (Phi) is 7.15. The fraction of sp³-hybridized carbons (Fsp3) is 0.688. The zero-order valence-electron chi connectivity index (χ0n) is 14.4. The average molecular weight is 357 g/mol. The quantitative estimate of drug-likeness (QED) is 0.580. The first-order valence-electron chi connectivity index (χ1n) is 8.05. The summed E-state index contributed by atoms with van der Waals surface area (Å²) in [7, 11) is 5.91. The highest BCUT2D eigenvalue weighted by Gasteiger charge is 2.45. The zero-order valence-corrected chi connectivity index (χ0v) is 15.2. The summed E-state index contributed by atoms with van der Waals surface area (Å²) < 4.78 is 5.76. The van der Waals surface area contributed by atoms with Gasteiger partial charge in [0.15, 0.2) is 0 Å². The van der Waals surface area contributed by atoms with E-state index in [1.165, 1.54) is 11.3 Å². The molecule has 1 aliphatic heterocycles. The lowest BCUT2D eigenvalue weighted by Gasteiger charge is -2.31. The molecule has 1 aromatic rings. The van der Waals surface area contributed by atoms with Crippen molar-refractivity contribution in [1.82, 2.24) is 15.1 Å². The monoisotopic (exact) mass is 357 g/mol. The molecule has 7 nitrogen and oxygen atoms in total. The first kappa shape index (κ1) is 19.3. The largest absolute Gasteiger partial charge is 0.394 e. The minimum atomic E-state index is -0.786. The molecule has 1 amide bonds. The molecule has 3 N–H and O–H groups in total. The molecule has 0 bridgehead atoms. The van der Waals surface area contributed by atoms with Gasteiger partial charge in [-0.3, -0.25) is 9.69 Å². The Morgan fingerprint density at radius 1 is 1.33 bits per heavy atom. The van der Waals surface area contributed by atoms with E-state index in [-0.39, 0.29) is 24.7 Å². The van der Waals surface area contributed by atoms with Gasteiger partial charge in [0.2, 0.25) is 0 Å². The number of carbonyl (C=O) groups excluding carboxylic acids is 1. The van der Waals surface area contributed by atoms with E-state index >= 15 is 0 Å². The van der Waals surface area contributed by atoms with Crippen molar-refractivity contribution >= 4 is 17.2 Å². The van der Waals surface area contributed by atoms with Crippen LogP contribution in [0.25, 0.3) is 0 Å². The normalized spacial score (nSPS) is 27.1. The van der Waals surface area contributed by atoms with Crippen LogP contribution in [0, 0.1) is 0 Å². The van der Waals surface area contributed by atoms with Gasteiger partial charge in [-0.2, -0.15) is 0 Å². The lowest BCUT2D eigenvalue weighted by molar-refractivity contribution is -0.0209. The predicted molar refractivity (Wildman–Crippen MR) is 93.4 cm³/mol. The molecule has 1 fully saturated rings. The second-order valence-electron chi connectivity index (χ2n) is 6.35. The van der Waals surface area contributed by atoms with Crippen LogP contribution in [0.3, 0.4) is 0 Å². The summed E-state index contributed by atoms with van der Waals surface area (Å²) in [6.07, 6.45) is -1.78. The molecule has 8 heteroatoms. The summed E-state index contributed by atoms with van der Waals surface area (Å²) in [5.41, 5.74) is 0. The highest BCUT2D eigenvalue weighted by atomic mass is 32.1. The number of ether oxygens (including phenoxy) is 1. The molecule has 1 aliphatic rings. The van der Waals surface area contributed by atoms with Crippen LogP contribution in [0.1, 0.15) is 9.67 Å². The fourth-order valence-corrected chi connectivity index (χ4v) is 3.52. The highest BCUT2D eigenvalue weighted by molar-refractivity contribution is 7.12. The van der Waals surface area contributed by atoms with E-state index < -0.39 is 12.2 Å². The number of hydrogen-bond acceptors (Lipinski definition) is 7. The summed E-state index contributed by atoms with van der Waals surface area (Å²) >= 11 is 1.38. The van der Waals surface area contributed by atoms with Crippen molar-refractivity contribution in [2.24, 2.45) is 0 Å². The van der Waals surface area contributed by atoms with Crippen LogP contribution >= 0.6 is 11.3 Å². The summed E-state index contributed by atoms with van der Waals surface area (Å²) in [4.78, 5) is 16.8. The smallest absolute Gasteiger partial charge is 0.261 e. The van der Waals surface area contributed by atoms with Gasteiger partial charge in [0.05, 0.1) is 23.6 Å². The summed E-state index contributed by atoms with van der Waals surface area (Å²) in [5, 5.41) is 24.6. The topological polar surface area (TPSA) is 85.3 Å². The van der Waals surface area contributed by atoms with Crippen LogP contribution in [-0.4, -0.2) is 97.7 Å². The van der Waals surface area contributed by atoms with E-state index in [1.54, 1.807) is 6.07 Å². The maximum absolute atomic E-state index is 12.1. The van der Waals surface area contributed by atoms with Crippen LogP contribution in [0.4, 0.5) is 0 Å². The third-order valence-electron chi connectivity index (χ3n) is 4.26. The van der Waals surface area contributed by atoms with Crippen molar-refractivity contribution in [3.63, 3.8) is 0 Å². The molecular formula is C16H27N3O4S. The number of nitrogens with zero attached hydrogens (tertiary/aromatic N) is 2. The molecule has 1 saturated heterocycles. The first-order valence-corrected chi connectivity index (χ1v) is 8.93. The summed E-state index contributed by atoms with van der Waals surface area (Å²) in [5.74, 6) is -0.148. The number of carbonyl (C=O) groups is 1. The van der Waals surface area contributed by atoms with Gasteiger partial charge in [0.1, 0.15) is 12.2 Å². The van der Waals surface area contributed by atoms with Crippen molar-refractivity contribution in [1.29, 1.82) is 0 Å². The molecule has 0 radical (unpaired) electrons. The van der Waals surface area contributed by atoms with E-state index in [1.807, 2.05) is 37.5 Å². The molecule has 136 valence electrons. The minimum absolute atomic E-state index is 0.148. The van der Waals surface area contributed by atoms with Gasteiger partial charge >= 0.3 is 0 Å². The van der Waals surface area contributed by atoms with E-state index in [0.29, 0.717) is 11.4 Å². The predicted octanol–water partition coefficient (Wildman–Crippen LogP) is -0.539. The lowest BCUT2D eigenvalue weighted by Crippen LogP contribution is -2.51. The molecule has 0 saturated carbocycles. The molecule has 0 unspecified atom stereocenters. The molecule has 24 heavy (non-hydrogen) atoms. The number of amides is 1. The van der Waals surface area contributed by atoms with Gasteiger partial charge < -0.3 is 25.2 Å². The number of rotatable bonds is 8. The van der Waals surface area contributed by atoms with E-state index in [2.05, 4.69) is 10.2 Å². The molecule has 2 rings (SSSR count). The van der Waals surface area contributed by atoms with Crippen LogP contribution in [0.5, 0.6) is 0 Å². The van der Waals surface area contributed by atoms with Crippen LogP contribution in [-0.2, 0) is 4.74 Å². The molecule has 0 spiro atoms. The first-order chi connectivity index (χ1) is 11.4. The SMILES string of the molecule is CN(C)CCN(C)[C@H]1[C@H](O)[C@H](CO)O[C@@H]1CNC(=O)c1cccs1. The van der Waals surface area contributed by atoms with Crippen molar-refractivity contribution < 1.29 is 19.7 Å². The third-order valence-corrected chi connectivity index (χ3v) is 5.13. The van der Waals surface area contributed by atoms with Gasteiger partial charge in [-0.25, -0.2) is 0 Å². The number of aliphatic hydroxyl groups excluding tert-OH is 2. The van der Waals surface area contributed by atoms with Crippen molar-refractivity contribution in [2.45, 2.75) is 24.4 Å². The Bertz CT molecular complexity index is 511. The zero-order chi connectivity index (χ0) is 17.7. The summed E-state index contributed by atoms with van der Waals surface area (Å²) in [6.45, 7) is 1.65. The molecule has 0 aromatic carbocycles. The van der Waals surface area contributed by atoms with Gasteiger partial charge in [-0.15, -0.1) is 11.3 Å². The minimum Gasteiger partial charge on any atom is -0.394 e. The van der Waals surface area contributed by atoms with Crippen LogP contribution in [0.15, 0.2) is 17.5 Å². The standard InChI is InChI=1S/C16H27N3O4S/c1-18(2)6-7-19(3)14-11(23-12(10-20)15(14)21)9-17-16(22)13-5-4-8-24-13/h4-5,8,11-12,14-15,20-21H,6-7,9-10H2,1-3H3,(H,17,22)/t11-,12+,14-,15-/m1/s1. The second-order valence-corrected chi connectivity index (χ2v) is 7.30. The molecule has 0 aliphatic carbocycles. The lowest BCUT2D eigenvalue weighted by atomic mass is 10.0. The number of hydrogen-bond donors (Lipinski definition) is 3. The third kappa shape index (κ3) is 4.75. The Hall–Kier alpha value is -1.03. The Morgan fingerprint density at radius 3 is 2.67 bits per heavy atom. The average Bonchev–Trinajstić information content (AvgIpc) is 3.18. The van der Waals surface area contributed by atoms with Gasteiger partial charge in [0.25, 0.3) is 5.91 Å². The number of nitrogens with one attached hydrogen (secondary N) is 1. The Morgan fingerprint density at radius 2 is 2.08 bits per heavy atom. The van der Waals surface area contributed by atoms with Crippen molar-refractivity contribution in [2.75, 3.05) is 47.4 Å². The molecule has 2 heterocycles. The van der Waals surface area contributed by atoms with Crippen molar-refractivity contribution in [3.05, 3.63) is 22.4 Å². The van der Waals surface area contributed by atoms with Crippen LogP contribution in [0.2, 0.25) is 0 Å². The molecule has 4 atom stereocenters. The number of likely N-dealkylation sites (N-methyl/N-ethyl adjacent to an activating group) is 2. The second kappa shape index (κ2) is 8.89. The highest BCUT2D eigenvalue weighted by Crippen LogP contribution is 2.25. The number of aliphatic hydroxyl groups is 2. The molecule has 1 aromatic heterocycles. The maximum atomic E-state index is 12.1. The Balaban J connectivity index is 1.97. The van der Waals surface area contributed by atoms with Crippen molar-refractivity contribution in [3.8, 4) is 0 Å². The van der Waals surface area contributed by atoms with Crippen LogP contribution < -0.4 is 5.32 Å². The number of thiophene rings is 1. The Labute approximate surface area is 146 Å². The summed E-state index contributed by atoms with van der Waals surface area (Å²) in [6, 6.07) is 3.32. The van der Waals surface area contributed by atoms with E-state index in [4.69, 9.17) is 4.74 Å². The maximum Gasteiger partial charge on any atom is 0.261 e. The van der Waals surface area contributed by atoms with E-state index in [0.717, 1.165) is 13.1 Å². The van der Waals surface area contributed by atoms with Gasteiger partial charge in [-0.05, 0) is 32.6 Å². The molecular weight excluding hydrogens is 330 g/mol. The van der Waals surface area contributed by atoms with Gasteiger partial charge in [-0.1, -0.05) is 6.07 Å².